The minimum Gasteiger partial charge on any atom is -0.550 e. The molecule has 4 heteroatoms. The summed E-state index contributed by atoms with van der Waals surface area (Å²) in [6.45, 7) is 2.04. The first kappa shape index (κ1) is 15.4. The molecule has 0 saturated heterocycles. The molecule has 0 aliphatic heterocycles. The van der Waals surface area contributed by atoms with Gasteiger partial charge in [-0.25, -0.2) is 4.98 Å². The SMILES string of the molecule is Cc1ccccc1/C=C(\CCC(=O)[O-])c1nc2ccccc2s1. The van der Waals surface area contributed by atoms with Crippen LogP contribution >= 0.6 is 11.3 Å². The van der Waals surface area contributed by atoms with Crippen LogP contribution in [0.1, 0.15) is 29.0 Å². The summed E-state index contributed by atoms with van der Waals surface area (Å²) in [5.74, 6) is -1.04. The second-order valence-corrected chi connectivity index (χ2v) is 6.42. The normalized spacial score (nSPS) is 11.8. The highest BCUT2D eigenvalue weighted by atomic mass is 32.1. The van der Waals surface area contributed by atoms with E-state index in [1.807, 2.05) is 61.5 Å². The lowest BCUT2D eigenvalue weighted by Crippen LogP contribution is -2.21. The molecule has 3 nitrogen and oxygen atoms in total. The first-order chi connectivity index (χ1) is 11.1. The molecule has 1 heterocycles. The Labute approximate surface area is 138 Å². The van der Waals surface area contributed by atoms with Gasteiger partial charge in [-0.2, -0.15) is 0 Å². The molecular formula is C19H16NO2S-. The number of carboxylic acid groups (broad SMARTS) is 1. The van der Waals surface area contributed by atoms with Gasteiger partial charge in [0.2, 0.25) is 0 Å². The Morgan fingerprint density at radius 1 is 1.13 bits per heavy atom. The number of carboxylic acids is 1. The van der Waals surface area contributed by atoms with Crippen LogP contribution in [0.3, 0.4) is 0 Å². The summed E-state index contributed by atoms with van der Waals surface area (Å²) in [4.78, 5) is 15.5. The Bertz CT molecular complexity index is 847. The zero-order chi connectivity index (χ0) is 16.2. The molecule has 2 aromatic carbocycles. The molecule has 3 aromatic rings. The maximum absolute atomic E-state index is 10.9. The van der Waals surface area contributed by atoms with E-state index in [0.717, 1.165) is 31.9 Å². The van der Waals surface area contributed by atoms with Crippen LogP contribution in [0, 0.1) is 6.92 Å². The lowest BCUT2D eigenvalue weighted by atomic mass is 10.0. The Balaban J connectivity index is 2.04. The van der Waals surface area contributed by atoms with E-state index in [4.69, 9.17) is 0 Å². The summed E-state index contributed by atoms with van der Waals surface area (Å²) < 4.78 is 1.10. The Morgan fingerprint density at radius 3 is 2.61 bits per heavy atom. The van der Waals surface area contributed by atoms with Crippen molar-refractivity contribution in [1.29, 1.82) is 0 Å². The number of hydrogen-bond donors (Lipinski definition) is 0. The number of benzene rings is 2. The Morgan fingerprint density at radius 2 is 1.87 bits per heavy atom. The van der Waals surface area contributed by atoms with Gasteiger partial charge in [0.1, 0.15) is 5.01 Å². The zero-order valence-corrected chi connectivity index (χ0v) is 13.6. The van der Waals surface area contributed by atoms with E-state index in [9.17, 15) is 9.90 Å². The number of para-hydroxylation sites is 1. The van der Waals surface area contributed by atoms with Crippen molar-refractivity contribution in [3.8, 4) is 0 Å². The van der Waals surface area contributed by atoms with Gasteiger partial charge in [-0.3, -0.25) is 0 Å². The summed E-state index contributed by atoms with van der Waals surface area (Å²) in [6, 6.07) is 16.0. The van der Waals surface area contributed by atoms with Crippen molar-refractivity contribution in [3.63, 3.8) is 0 Å². The standard InChI is InChI=1S/C19H17NO2S/c1-13-6-2-3-7-14(13)12-15(10-11-18(21)22)19-20-16-8-4-5-9-17(16)23-19/h2-9,12H,10-11H2,1H3,(H,21,22)/p-1/b15-12+. The fraction of sp³-hybridized carbons (Fsp3) is 0.158. The average molecular weight is 322 g/mol. The number of rotatable bonds is 5. The molecule has 0 atom stereocenters. The largest absolute Gasteiger partial charge is 0.550 e. The number of nitrogens with zero attached hydrogens (tertiary/aromatic N) is 1. The van der Waals surface area contributed by atoms with Gasteiger partial charge in [-0.15, -0.1) is 11.3 Å². The van der Waals surface area contributed by atoms with E-state index in [2.05, 4.69) is 4.98 Å². The number of aliphatic carboxylic acids is 1. The van der Waals surface area contributed by atoms with Gasteiger partial charge in [0.25, 0.3) is 0 Å². The molecule has 0 fully saturated rings. The summed E-state index contributed by atoms with van der Waals surface area (Å²) in [5, 5.41) is 11.7. The van der Waals surface area contributed by atoms with Crippen LogP contribution in [0.2, 0.25) is 0 Å². The van der Waals surface area contributed by atoms with E-state index in [1.54, 1.807) is 11.3 Å². The maximum atomic E-state index is 10.9. The quantitative estimate of drug-likeness (QED) is 0.720. The number of aromatic nitrogens is 1. The number of fused-ring (bicyclic) bond motifs is 1. The predicted octanol–water partition coefficient (Wildman–Crippen LogP) is 3.68. The summed E-state index contributed by atoms with van der Waals surface area (Å²) in [7, 11) is 0. The maximum Gasteiger partial charge on any atom is 0.120 e. The van der Waals surface area contributed by atoms with Gasteiger partial charge >= 0.3 is 0 Å². The second kappa shape index (κ2) is 6.75. The fourth-order valence-electron chi connectivity index (χ4n) is 2.42. The van der Waals surface area contributed by atoms with Crippen molar-refractivity contribution >= 4 is 39.2 Å². The third kappa shape index (κ3) is 3.66. The Hall–Kier alpha value is -2.46. The van der Waals surface area contributed by atoms with Crippen molar-refractivity contribution in [2.24, 2.45) is 0 Å². The summed E-state index contributed by atoms with van der Waals surface area (Å²) in [6.07, 6.45) is 2.44. The van der Waals surface area contributed by atoms with Crippen LogP contribution in [0.25, 0.3) is 21.9 Å². The van der Waals surface area contributed by atoms with E-state index >= 15 is 0 Å². The molecule has 0 spiro atoms. The van der Waals surface area contributed by atoms with Crippen LogP contribution in [0.4, 0.5) is 0 Å². The fourth-order valence-corrected chi connectivity index (χ4v) is 3.43. The lowest BCUT2D eigenvalue weighted by molar-refractivity contribution is -0.305. The average Bonchev–Trinajstić information content (AvgIpc) is 2.96. The van der Waals surface area contributed by atoms with E-state index in [0.29, 0.717) is 6.42 Å². The highest BCUT2D eigenvalue weighted by Crippen LogP contribution is 2.31. The topological polar surface area (TPSA) is 53.0 Å². The number of carbonyl (C=O) groups excluding carboxylic acids is 1. The van der Waals surface area contributed by atoms with Crippen molar-refractivity contribution in [2.45, 2.75) is 19.8 Å². The lowest BCUT2D eigenvalue weighted by Gasteiger charge is -2.07. The molecule has 116 valence electrons. The zero-order valence-electron chi connectivity index (χ0n) is 12.8. The van der Waals surface area contributed by atoms with Crippen molar-refractivity contribution in [1.82, 2.24) is 4.98 Å². The number of thiazole rings is 1. The smallest absolute Gasteiger partial charge is 0.120 e. The van der Waals surface area contributed by atoms with Gasteiger partial charge in [0, 0.05) is 5.97 Å². The van der Waals surface area contributed by atoms with Gasteiger partial charge in [-0.1, -0.05) is 36.4 Å². The highest BCUT2D eigenvalue weighted by molar-refractivity contribution is 7.19. The van der Waals surface area contributed by atoms with Gasteiger partial charge in [0.05, 0.1) is 10.2 Å². The molecule has 0 N–H and O–H groups in total. The highest BCUT2D eigenvalue weighted by Gasteiger charge is 2.10. The second-order valence-electron chi connectivity index (χ2n) is 5.38. The molecule has 23 heavy (non-hydrogen) atoms. The molecule has 0 amide bonds. The monoisotopic (exact) mass is 322 g/mol. The number of carbonyl (C=O) groups is 1. The number of aryl methyl sites for hydroxylation is 1. The van der Waals surface area contributed by atoms with Gasteiger partial charge in [-0.05, 0) is 54.7 Å². The van der Waals surface area contributed by atoms with Crippen molar-refractivity contribution < 1.29 is 9.90 Å². The molecule has 0 aliphatic carbocycles. The molecule has 0 bridgehead atoms. The third-order valence-corrected chi connectivity index (χ3v) is 4.80. The van der Waals surface area contributed by atoms with Gasteiger partial charge < -0.3 is 9.90 Å². The molecule has 1 aromatic heterocycles. The molecule has 0 unspecified atom stereocenters. The van der Waals surface area contributed by atoms with Crippen LogP contribution in [-0.4, -0.2) is 11.0 Å². The number of hydrogen-bond acceptors (Lipinski definition) is 4. The summed E-state index contributed by atoms with van der Waals surface area (Å²) >= 11 is 1.59. The molecule has 0 aliphatic rings. The van der Waals surface area contributed by atoms with E-state index in [-0.39, 0.29) is 6.42 Å². The van der Waals surface area contributed by atoms with E-state index < -0.39 is 5.97 Å². The molecular weight excluding hydrogens is 306 g/mol. The van der Waals surface area contributed by atoms with Crippen molar-refractivity contribution in [3.05, 3.63) is 64.7 Å². The van der Waals surface area contributed by atoms with Crippen molar-refractivity contribution in [2.75, 3.05) is 0 Å². The van der Waals surface area contributed by atoms with Crippen LogP contribution in [0.15, 0.2) is 48.5 Å². The van der Waals surface area contributed by atoms with Gasteiger partial charge in [0.15, 0.2) is 0 Å². The molecule has 3 rings (SSSR count). The third-order valence-electron chi connectivity index (χ3n) is 3.69. The first-order valence-electron chi connectivity index (χ1n) is 7.45. The minimum absolute atomic E-state index is 0.00631. The van der Waals surface area contributed by atoms with Crippen LogP contribution in [0.5, 0.6) is 0 Å². The van der Waals surface area contributed by atoms with Crippen LogP contribution in [-0.2, 0) is 4.79 Å². The molecule has 0 radical (unpaired) electrons. The summed E-state index contributed by atoms with van der Waals surface area (Å²) in [5.41, 5.74) is 4.11. The molecule has 0 saturated carbocycles. The Kier molecular flexibility index (Phi) is 4.53. The van der Waals surface area contributed by atoms with Crippen LogP contribution < -0.4 is 5.11 Å². The first-order valence-corrected chi connectivity index (χ1v) is 8.27. The number of allylic oxidation sites excluding steroid dienone is 1. The van der Waals surface area contributed by atoms with E-state index in [1.165, 1.54) is 0 Å². The minimum atomic E-state index is -1.04. The predicted molar refractivity (Wildman–Crippen MR) is 92.9 cm³/mol.